The SMILES string of the molecule is CC(=O)N[C@H]1C(O)O[C@H](CO)[C@@H](O)[C@@H]1OC1O[C@H](C(=O)NNC(=O)CCSCC(N)C(=O)NCCC(O)(P(=O)(O)O)P(=O)(O)O)[C@@H](O)[C@H](O)[C@H]1O. The van der Waals surface area contributed by atoms with E-state index in [-0.39, 0.29) is 17.9 Å². The molecule has 0 aromatic heterocycles. The Kier molecular flexibility index (Phi) is 16.8. The number of hydrogen-bond acceptors (Lipinski definition) is 18. The summed E-state index contributed by atoms with van der Waals surface area (Å²) in [5, 5.41) is 71.9. The lowest BCUT2D eigenvalue weighted by atomic mass is 9.95. The summed E-state index contributed by atoms with van der Waals surface area (Å²) < 4.78 is 38.6. The summed E-state index contributed by atoms with van der Waals surface area (Å²) in [5.41, 5.74) is 9.62. The van der Waals surface area contributed by atoms with Gasteiger partial charge in [-0.2, -0.15) is 11.8 Å². The third kappa shape index (κ3) is 11.8. The van der Waals surface area contributed by atoms with Crippen LogP contribution in [0.4, 0.5) is 0 Å². The number of hydrazine groups is 1. The van der Waals surface area contributed by atoms with Gasteiger partial charge in [0.05, 0.1) is 12.6 Å². The van der Waals surface area contributed by atoms with E-state index in [2.05, 4.69) is 10.6 Å². The maximum Gasteiger partial charge on any atom is 0.369 e. The standard InChI is InChI=1S/C23H43N5O20P2S/c1-8(30)26-12-17(13(32)10(6-29)46-21(12)38)47-22-16(35)14(33)15(34)18(48-22)20(37)28-27-11(31)2-5-51-7-9(24)19(36)25-4-3-23(39,49(40,41)42)50(43,44)45/h9-10,12-18,21-22,29,32-35,38-39H,2-7,24H2,1H3,(H,25,36)(H,26,30)(H,27,31)(H,28,37)(H2,40,41,42)(H2,43,44,45)/t9?,10-,12-,13-,14+,15+,16-,17-,18+,21?,22?/m1/s1. The molecule has 4 amide bonds. The van der Waals surface area contributed by atoms with E-state index in [1.807, 2.05) is 10.9 Å². The summed E-state index contributed by atoms with van der Waals surface area (Å²) in [6.07, 6.45) is -18.4. The Hall–Kier alpha value is -1.91. The number of rotatable bonds is 16. The molecule has 0 aromatic carbocycles. The maximum absolute atomic E-state index is 12.8. The van der Waals surface area contributed by atoms with Gasteiger partial charge < -0.3 is 85.9 Å². The minimum atomic E-state index is -5.72. The average Bonchev–Trinajstić information content (AvgIpc) is 3.03. The van der Waals surface area contributed by atoms with Crippen molar-refractivity contribution in [3.05, 3.63) is 0 Å². The van der Waals surface area contributed by atoms with Gasteiger partial charge in [-0.1, -0.05) is 0 Å². The van der Waals surface area contributed by atoms with Gasteiger partial charge in [-0.25, -0.2) is 0 Å². The highest BCUT2D eigenvalue weighted by Crippen LogP contribution is 2.68. The van der Waals surface area contributed by atoms with Crippen LogP contribution in [-0.4, -0.2) is 176 Å². The highest BCUT2D eigenvalue weighted by molar-refractivity contribution is 7.99. The van der Waals surface area contributed by atoms with Crippen molar-refractivity contribution in [1.29, 1.82) is 0 Å². The Morgan fingerprint density at radius 3 is 2.10 bits per heavy atom. The van der Waals surface area contributed by atoms with Crippen molar-refractivity contribution in [2.24, 2.45) is 5.73 Å². The highest BCUT2D eigenvalue weighted by atomic mass is 32.2. The molecule has 0 spiro atoms. The number of carbonyl (C=O) groups excluding carboxylic acids is 4. The van der Waals surface area contributed by atoms with Crippen LogP contribution in [0.3, 0.4) is 0 Å². The zero-order valence-corrected chi connectivity index (χ0v) is 29.2. The molecule has 2 fully saturated rings. The number of nitrogens with two attached hydrogens (primary N) is 1. The second kappa shape index (κ2) is 18.9. The number of nitrogens with one attached hydrogen (secondary N) is 4. The minimum absolute atomic E-state index is 0.00576. The molecule has 2 aliphatic rings. The smallest absolute Gasteiger partial charge is 0.369 e. The zero-order chi connectivity index (χ0) is 39.1. The highest BCUT2D eigenvalue weighted by Gasteiger charge is 2.59. The number of aliphatic hydroxyl groups is 7. The fourth-order valence-corrected chi connectivity index (χ4v) is 7.69. The first-order valence-electron chi connectivity index (χ1n) is 14.7. The van der Waals surface area contributed by atoms with Gasteiger partial charge >= 0.3 is 15.2 Å². The molecule has 2 heterocycles. The van der Waals surface area contributed by atoms with Gasteiger partial charge in [0.1, 0.15) is 42.7 Å². The molecule has 0 aromatic rings. The van der Waals surface area contributed by atoms with Crippen LogP contribution in [0, 0.1) is 0 Å². The van der Waals surface area contributed by atoms with Gasteiger partial charge in [0.2, 0.25) is 17.7 Å². The lowest BCUT2D eigenvalue weighted by molar-refractivity contribution is -0.335. The number of hydrogen-bond donors (Lipinski definition) is 16. The first-order valence-corrected chi connectivity index (χ1v) is 19.1. The minimum Gasteiger partial charge on any atom is -0.394 e. The molecular formula is C23H43N5O20P2S. The topological polar surface area (TPSA) is 427 Å². The van der Waals surface area contributed by atoms with Gasteiger partial charge in [-0.15, -0.1) is 0 Å². The Labute approximate surface area is 292 Å². The van der Waals surface area contributed by atoms with Gasteiger partial charge in [0, 0.05) is 37.8 Å². The summed E-state index contributed by atoms with van der Waals surface area (Å²) in [7, 11) is -11.4. The van der Waals surface area contributed by atoms with E-state index in [1.165, 1.54) is 0 Å². The Bertz CT molecular complexity index is 1300. The summed E-state index contributed by atoms with van der Waals surface area (Å²) >= 11 is 0.962. The molecule has 11 atom stereocenters. The largest absolute Gasteiger partial charge is 0.394 e. The number of amides is 4. The summed E-state index contributed by atoms with van der Waals surface area (Å²) in [6.45, 7) is -0.517. The molecule has 296 valence electrons. The van der Waals surface area contributed by atoms with Gasteiger partial charge in [0.25, 0.3) is 11.0 Å². The number of carbonyl (C=O) groups is 4. The maximum atomic E-state index is 12.8. The molecule has 0 saturated carbocycles. The van der Waals surface area contributed by atoms with Crippen LogP contribution in [-0.2, 0) is 42.5 Å². The van der Waals surface area contributed by atoms with E-state index >= 15 is 0 Å². The van der Waals surface area contributed by atoms with Crippen LogP contribution < -0.4 is 27.2 Å². The van der Waals surface area contributed by atoms with Crippen molar-refractivity contribution < 1.29 is 97.8 Å². The molecule has 0 bridgehead atoms. The van der Waals surface area contributed by atoms with Crippen molar-refractivity contribution in [2.45, 2.75) is 92.2 Å². The second-order valence-corrected chi connectivity index (χ2v) is 16.5. The molecule has 2 saturated heterocycles. The van der Waals surface area contributed by atoms with Crippen LogP contribution in [0.5, 0.6) is 0 Å². The molecule has 17 N–H and O–H groups in total. The second-order valence-electron chi connectivity index (χ2n) is 11.3. The summed E-state index contributed by atoms with van der Waals surface area (Å²) in [4.78, 5) is 85.3. The lowest BCUT2D eigenvalue weighted by Gasteiger charge is -2.46. The molecular weight excluding hydrogens is 760 g/mol. The van der Waals surface area contributed by atoms with Gasteiger partial charge in [-0.05, 0) is 0 Å². The van der Waals surface area contributed by atoms with E-state index in [4.69, 9.17) is 39.5 Å². The predicted molar refractivity (Wildman–Crippen MR) is 166 cm³/mol. The Morgan fingerprint density at radius 1 is 0.941 bits per heavy atom. The number of ether oxygens (including phenoxy) is 3. The molecule has 0 aliphatic carbocycles. The molecule has 25 nitrogen and oxygen atoms in total. The number of aliphatic hydroxyl groups excluding tert-OH is 6. The fourth-order valence-electron chi connectivity index (χ4n) is 4.63. The normalized spacial score (nSPS) is 30.9. The van der Waals surface area contributed by atoms with Crippen LogP contribution in [0.1, 0.15) is 19.8 Å². The lowest BCUT2D eigenvalue weighted by Crippen LogP contribution is -2.68. The van der Waals surface area contributed by atoms with Crippen LogP contribution in [0.15, 0.2) is 0 Å². The van der Waals surface area contributed by atoms with Crippen molar-refractivity contribution >= 4 is 50.6 Å². The number of thioether (sulfide) groups is 1. The van der Waals surface area contributed by atoms with Crippen molar-refractivity contribution in [2.75, 3.05) is 24.7 Å². The van der Waals surface area contributed by atoms with E-state index < -0.39 is 131 Å². The van der Waals surface area contributed by atoms with E-state index in [1.54, 1.807) is 0 Å². The van der Waals surface area contributed by atoms with Crippen LogP contribution >= 0.6 is 27.0 Å². The predicted octanol–water partition coefficient (Wildman–Crippen LogP) is -8.14. The van der Waals surface area contributed by atoms with Crippen molar-refractivity contribution in [1.82, 2.24) is 21.5 Å². The first-order chi connectivity index (χ1) is 23.5. The first kappa shape index (κ1) is 45.2. The zero-order valence-electron chi connectivity index (χ0n) is 26.6. The molecule has 2 rings (SSSR count). The van der Waals surface area contributed by atoms with Gasteiger partial charge in [-0.3, -0.25) is 39.2 Å². The van der Waals surface area contributed by atoms with Crippen LogP contribution in [0.25, 0.3) is 0 Å². The molecule has 2 aliphatic heterocycles. The fraction of sp³-hybridized carbons (Fsp3) is 0.826. The molecule has 28 heteroatoms. The van der Waals surface area contributed by atoms with Crippen LogP contribution in [0.2, 0.25) is 0 Å². The monoisotopic (exact) mass is 803 g/mol. The van der Waals surface area contributed by atoms with E-state index in [9.17, 15) is 64.1 Å². The molecule has 51 heavy (non-hydrogen) atoms. The summed E-state index contributed by atoms with van der Waals surface area (Å²) in [5.74, 6) is -3.80. The Morgan fingerprint density at radius 2 is 1.55 bits per heavy atom. The van der Waals surface area contributed by atoms with Crippen molar-refractivity contribution in [3.8, 4) is 0 Å². The quantitative estimate of drug-likeness (QED) is 0.0391. The van der Waals surface area contributed by atoms with Crippen molar-refractivity contribution in [3.63, 3.8) is 0 Å². The Balaban J connectivity index is 1.87. The average molecular weight is 804 g/mol. The third-order valence-corrected chi connectivity index (χ3v) is 12.5. The van der Waals surface area contributed by atoms with Gasteiger partial charge in [0.15, 0.2) is 18.7 Å². The molecule has 0 radical (unpaired) electrons. The van der Waals surface area contributed by atoms with E-state index in [0.29, 0.717) is 0 Å². The third-order valence-electron chi connectivity index (χ3n) is 7.49. The molecule has 3 unspecified atom stereocenters. The van der Waals surface area contributed by atoms with E-state index in [0.717, 1.165) is 18.7 Å². The summed E-state index contributed by atoms with van der Waals surface area (Å²) in [6, 6.07) is -2.77.